The highest BCUT2D eigenvalue weighted by atomic mass is 35.5. The number of hydrogen-bond donors (Lipinski definition) is 2. The molecule has 2 N–H and O–H groups in total. The summed E-state index contributed by atoms with van der Waals surface area (Å²) in [6, 6.07) is 11.7. The Morgan fingerprint density at radius 1 is 1.17 bits per heavy atom. The van der Waals surface area contributed by atoms with Crippen molar-refractivity contribution in [2.45, 2.75) is 19.7 Å². The zero-order valence-electron chi connectivity index (χ0n) is 15.0. The van der Waals surface area contributed by atoms with Crippen LogP contribution in [0, 0.1) is 6.92 Å². The highest BCUT2D eigenvalue weighted by Gasteiger charge is 2.33. The topological polar surface area (TPSA) is 63.2 Å². The van der Waals surface area contributed by atoms with Crippen LogP contribution < -0.4 is 15.6 Å². The Morgan fingerprint density at radius 3 is 2.55 bits per heavy atom. The van der Waals surface area contributed by atoms with Crippen LogP contribution in [0.5, 0.6) is 5.75 Å². The van der Waals surface area contributed by atoms with Crippen molar-refractivity contribution in [1.29, 1.82) is 0 Å². The molecular weight excluding hydrogens is 427 g/mol. The minimum atomic E-state index is -4.54. The zero-order chi connectivity index (χ0) is 21.0. The summed E-state index contributed by atoms with van der Waals surface area (Å²) < 4.78 is 44.7. The Bertz CT molecular complexity index is 1010. The average molecular weight is 442 g/mol. The van der Waals surface area contributed by atoms with E-state index in [-0.39, 0.29) is 17.2 Å². The number of anilines is 1. The molecule has 29 heavy (non-hydrogen) atoms. The van der Waals surface area contributed by atoms with Crippen LogP contribution in [0.25, 0.3) is 0 Å². The third kappa shape index (κ3) is 5.39. The molecule has 5 nitrogen and oxygen atoms in total. The van der Waals surface area contributed by atoms with E-state index in [1.807, 2.05) is 0 Å². The predicted molar refractivity (Wildman–Crippen MR) is 105 cm³/mol. The van der Waals surface area contributed by atoms with Crippen LogP contribution in [0.2, 0.25) is 5.02 Å². The molecule has 1 aromatic heterocycles. The fourth-order valence-corrected chi connectivity index (χ4v) is 3.42. The monoisotopic (exact) mass is 441 g/mol. The largest absolute Gasteiger partial charge is 0.486 e. The lowest BCUT2D eigenvalue weighted by atomic mass is 10.2. The van der Waals surface area contributed by atoms with E-state index in [4.69, 9.17) is 16.3 Å². The summed E-state index contributed by atoms with van der Waals surface area (Å²) in [6.07, 6.45) is -4.54. The molecule has 0 radical (unpaired) electrons. The van der Waals surface area contributed by atoms with Crippen molar-refractivity contribution < 1.29 is 22.7 Å². The summed E-state index contributed by atoms with van der Waals surface area (Å²) in [5, 5.41) is 1.14. The number of thiazole rings is 1. The number of alkyl halides is 3. The first kappa shape index (κ1) is 20.9. The quantitative estimate of drug-likeness (QED) is 0.499. The van der Waals surface area contributed by atoms with E-state index in [1.54, 1.807) is 31.2 Å². The SMILES string of the molecule is Cc1nc(COc2ccc(Cl)cc2)sc1C(=O)NNc1ccccc1C(F)(F)F. The summed E-state index contributed by atoms with van der Waals surface area (Å²) in [4.78, 5) is 16.9. The minimum absolute atomic E-state index is 0.144. The third-order valence-electron chi connectivity index (χ3n) is 3.77. The van der Waals surface area contributed by atoms with Gasteiger partial charge in [0.15, 0.2) is 0 Å². The van der Waals surface area contributed by atoms with Crippen LogP contribution in [0.4, 0.5) is 18.9 Å². The number of aromatic nitrogens is 1. The van der Waals surface area contributed by atoms with Gasteiger partial charge in [-0.15, -0.1) is 11.3 Å². The second-order valence-electron chi connectivity index (χ2n) is 5.89. The van der Waals surface area contributed by atoms with Crippen LogP contribution in [0.3, 0.4) is 0 Å². The molecule has 0 saturated carbocycles. The maximum Gasteiger partial charge on any atom is 0.418 e. The molecule has 0 aliphatic rings. The fraction of sp³-hybridized carbons (Fsp3) is 0.158. The van der Waals surface area contributed by atoms with E-state index in [0.29, 0.717) is 21.5 Å². The molecule has 0 unspecified atom stereocenters. The number of hydrazine groups is 1. The maximum absolute atomic E-state index is 13.0. The van der Waals surface area contributed by atoms with Crippen molar-refractivity contribution in [3.63, 3.8) is 0 Å². The molecule has 0 atom stereocenters. The molecule has 0 aliphatic carbocycles. The molecular formula is C19H15ClF3N3O2S. The van der Waals surface area contributed by atoms with Gasteiger partial charge in [-0.3, -0.25) is 15.6 Å². The number of halogens is 4. The van der Waals surface area contributed by atoms with E-state index >= 15 is 0 Å². The van der Waals surface area contributed by atoms with Crippen molar-refractivity contribution in [2.75, 3.05) is 5.43 Å². The number of carbonyl (C=O) groups is 1. The van der Waals surface area contributed by atoms with Crippen LogP contribution in [-0.2, 0) is 12.8 Å². The molecule has 0 aliphatic heterocycles. The van der Waals surface area contributed by atoms with Gasteiger partial charge in [-0.05, 0) is 43.3 Å². The van der Waals surface area contributed by atoms with Crippen LogP contribution in [0.1, 0.15) is 25.9 Å². The summed E-state index contributed by atoms with van der Waals surface area (Å²) >= 11 is 6.92. The highest BCUT2D eigenvalue weighted by Crippen LogP contribution is 2.34. The van der Waals surface area contributed by atoms with Gasteiger partial charge in [-0.25, -0.2) is 4.98 Å². The number of carbonyl (C=O) groups excluding carboxylic acids is 1. The smallest absolute Gasteiger partial charge is 0.418 e. The number of nitrogens with one attached hydrogen (secondary N) is 2. The van der Waals surface area contributed by atoms with Crippen LogP contribution in [-0.4, -0.2) is 10.9 Å². The molecule has 0 bridgehead atoms. The molecule has 3 aromatic rings. The molecule has 1 amide bonds. The lowest BCUT2D eigenvalue weighted by molar-refractivity contribution is -0.137. The molecule has 0 saturated heterocycles. The average Bonchev–Trinajstić information content (AvgIpc) is 3.06. The number of aryl methyl sites for hydroxylation is 1. The normalized spacial score (nSPS) is 11.2. The Kier molecular flexibility index (Phi) is 6.29. The first-order chi connectivity index (χ1) is 13.7. The Hall–Kier alpha value is -2.78. The van der Waals surface area contributed by atoms with Gasteiger partial charge in [0.05, 0.1) is 16.9 Å². The third-order valence-corrected chi connectivity index (χ3v) is 5.15. The van der Waals surface area contributed by atoms with E-state index in [2.05, 4.69) is 15.8 Å². The number of hydrogen-bond acceptors (Lipinski definition) is 5. The van der Waals surface area contributed by atoms with Gasteiger partial charge in [0.1, 0.15) is 22.2 Å². The van der Waals surface area contributed by atoms with Gasteiger partial charge in [0, 0.05) is 5.02 Å². The van der Waals surface area contributed by atoms with Crippen molar-refractivity contribution >= 4 is 34.5 Å². The van der Waals surface area contributed by atoms with E-state index in [1.165, 1.54) is 18.2 Å². The second kappa shape index (κ2) is 8.71. The van der Waals surface area contributed by atoms with Gasteiger partial charge in [0.25, 0.3) is 5.91 Å². The fourth-order valence-electron chi connectivity index (χ4n) is 2.42. The molecule has 0 fully saturated rings. The summed E-state index contributed by atoms with van der Waals surface area (Å²) in [5.41, 5.74) is 3.95. The Labute approximate surface area is 173 Å². The minimum Gasteiger partial charge on any atom is -0.486 e. The van der Waals surface area contributed by atoms with Gasteiger partial charge in [0.2, 0.25) is 0 Å². The van der Waals surface area contributed by atoms with E-state index < -0.39 is 17.6 Å². The van der Waals surface area contributed by atoms with Crippen molar-refractivity contribution in [1.82, 2.24) is 10.4 Å². The molecule has 152 valence electrons. The highest BCUT2D eigenvalue weighted by molar-refractivity contribution is 7.13. The van der Waals surface area contributed by atoms with Gasteiger partial charge >= 0.3 is 6.18 Å². The van der Waals surface area contributed by atoms with E-state index in [9.17, 15) is 18.0 Å². The maximum atomic E-state index is 13.0. The number of para-hydroxylation sites is 1. The van der Waals surface area contributed by atoms with Gasteiger partial charge in [-0.1, -0.05) is 23.7 Å². The molecule has 2 aromatic carbocycles. The summed E-state index contributed by atoms with van der Waals surface area (Å²) in [7, 11) is 0. The molecule has 0 spiro atoms. The lowest BCUT2D eigenvalue weighted by Crippen LogP contribution is -2.30. The number of nitrogens with zero attached hydrogens (tertiary/aromatic N) is 1. The van der Waals surface area contributed by atoms with Gasteiger partial charge < -0.3 is 4.74 Å². The number of ether oxygens (including phenoxy) is 1. The summed E-state index contributed by atoms with van der Waals surface area (Å²) in [5.74, 6) is 0.00778. The lowest BCUT2D eigenvalue weighted by Gasteiger charge is -2.14. The van der Waals surface area contributed by atoms with Gasteiger partial charge in [-0.2, -0.15) is 13.2 Å². The van der Waals surface area contributed by atoms with E-state index in [0.717, 1.165) is 17.4 Å². The second-order valence-corrected chi connectivity index (χ2v) is 7.41. The first-order valence-corrected chi connectivity index (χ1v) is 9.51. The summed E-state index contributed by atoms with van der Waals surface area (Å²) in [6.45, 7) is 1.78. The predicted octanol–water partition coefficient (Wildman–Crippen LogP) is 5.46. The number of amides is 1. The zero-order valence-corrected chi connectivity index (χ0v) is 16.6. The van der Waals surface area contributed by atoms with Crippen molar-refractivity contribution in [3.8, 4) is 5.75 Å². The molecule has 1 heterocycles. The Balaban J connectivity index is 1.64. The standard InChI is InChI=1S/C19H15ClF3N3O2S/c1-11-17(29-16(24-11)10-28-13-8-6-12(20)7-9-13)18(27)26-25-15-5-3-2-4-14(15)19(21,22)23/h2-9,25H,10H2,1H3,(H,26,27). The van der Waals surface area contributed by atoms with Crippen molar-refractivity contribution in [2.24, 2.45) is 0 Å². The van der Waals surface area contributed by atoms with Crippen LogP contribution >= 0.6 is 22.9 Å². The van der Waals surface area contributed by atoms with Crippen molar-refractivity contribution in [3.05, 3.63) is 74.7 Å². The molecule has 10 heteroatoms. The first-order valence-electron chi connectivity index (χ1n) is 8.31. The number of rotatable bonds is 6. The Morgan fingerprint density at radius 2 is 1.86 bits per heavy atom. The molecule has 3 rings (SSSR count). The number of benzene rings is 2. The van der Waals surface area contributed by atoms with Crippen LogP contribution in [0.15, 0.2) is 48.5 Å².